The van der Waals surface area contributed by atoms with Gasteiger partial charge in [-0.3, -0.25) is 0 Å². The molecule has 0 bridgehead atoms. The summed E-state index contributed by atoms with van der Waals surface area (Å²) in [5.74, 6) is 1.19. The van der Waals surface area contributed by atoms with Crippen LogP contribution in [0.4, 0.5) is 0 Å². The number of hydrogen-bond acceptors (Lipinski definition) is 5. The molecule has 2 heterocycles. The van der Waals surface area contributed by atoms with E-state index < -0.39 is 5.97 Å². The molecular weight excluding hydrogens is 502 g/mol. The Kier molecular flexibility index (Phi) is 10.2. The van der Waals surface area contributed by atoms with Crippen LogP contribution in [0.3, 0.4) is 0 Å². The van der Waals surface area contributed by atoms with Crippen LogP contribution in [-0.4, -0.2) is 55.9 Å². The predicted octanol–water partition coefficient (Wildman–Crippen LogP) is 7.35. The Morgan fingerprint density at radius 1 is 0.825 bits per heavy atom. The molecule has 1 aliphatic heterocycles. The fourth-order valence-electron chi connectivity index (χ4n) is 5.36. The summed E-state index contributed by atoms with van der Waals surface area (Å²) >= 11 is 0. The number of aromatic carboxylic acids is 1. The van der Waals surface area contributed by atoms with Crippen LogP contribution in [0.25, 0.3) is 22.4 Å². The van der Waals surface area contributed by atoms with Crippen molar-refractivity contribution >= 4 is 17.0 Å². The Morgan fingerprint density at radius 2 is 1.48 bits per heavy atom. The Labute approximate surface area is 236 Å². The van der Waals surface area contributed by atoms with E-state index in [2.05, 4.69) is 35.6 Å². The number of phenols is 2. The second kappa shape index (κ2) is 14.0. The number of carboxylic acids is 1. The molecule has 1 saturated heterocycles. The first kappa shape index (κ1) is 29.2. The largest absolute Gasteiger partial charge is 0.508 e. The van der Waals surface area contributed by atoms with E-state index in [1.165, 1.54) is 63.4 Å². The summed E-state index contributed by atoms with van der Waals surface area (Å²) in [6.45, 7) is 4.95. The van der Waals surface area contributed by atoms with E-state index in [0.717, 1.165) is 41.2 Å². The molecule has 3 aromatic carbocycles. The van der Waals surface area contributed by atoms with Crippen LogP contribution >= 0.6 is 0 Å². The van der Waals surface area contributed by atoms with E-state index in [-0.39, 0.29) is 17.1 Å². The highest BCUT2D eigenvalue weighted by Gasteiger charge is 2.22. The summed E-state index contributed by atoms with van der Waals surface area (Å²) in [5, 5.41) is 26.6. The van der Waals surface area contributed by atoms with Gasteiger partial charge in [-0.15, -0.1) is 0 Å². The molecule has 0 atom stereocenters. The Morgan fingerprint density at radius 3 is 2.02 bits per heavy atom. The minimum atomic E-state index is -0.912. The van der Waals surface area contributed by atoms with E-state index in [1.54, 1.807) is 18.2 Å². The zero-order valence-electron chi connectivity index (χ0n) is 23.5. The molecule has 0 amide bonds. The number of benzene rings is 3. The van der Waals surface area contributed by atoms with Crippen LogP contribution in [0.5, 0.6) is 11.5 Å². The zero-order valence-corrected chi connectivity index (χ0v) is 23.5. The predicted molar refractivity (Wildman–Crippen MR) is 160 cm³/mol. The van der Waals surface area contributed by atoms with Crippen molar-refractivity contribution in [3.63, 3.8) is 0 Å². The average Bonchev–Trinajstić information content (AvgIpc) is 3.35. The number of rotatable bonds is 3. The summed E-state index contributed by atoms with van der Waals surface area (Å²) < 4.78 is 2.33. The molecule has 1 aliphatic carbocycles. The molecule has 7 heteroatoms. The van der Waals surface area contributed by atoms with Gasteiger partial charge < -0.3 is 24.8 Å². The lowest BCUT2D eigenvalue weighted by Crippen LogP contribution is -2.28. The second-order valence-electron chi connectivity index (χ2n) is 11.0. The molecule has 4 aromatic rings. The van der Waals surface area contributed by atoms with Gasteiger partial charge >= 0.3 is 5.97 Å². The molecule has 3 N–H and O–H groups in total. The smallest absolute Gasteiger partial charge is 0.335 e. The first-order valence-corrected chi connectivity index (χ1v) is 14.3. The van der Waals surface area contributed by atoms with Gasteiger partial charge in [0, 0.05) is 17.7 Å². The van der Waals surface area contributed by atoms with Crippen molar-refractivity contribution in [2.75, 3.05) is 20.1 Å². The van der Waals surface area contributed by atoms with E-state index >= 15 is 0 Å². The number of imidazole rings is 1. The van der Waals surface area contributed by atoms with Crippen molar-refractivity contribution < 1.29 is 20.1 Å². The molecule has 0 spiro atoms. The van der Waals surface area contributed by atoms with Gasteiger partial charge in [-0.05, 0) is 82.1 Å². The van der Waals surface area contributed by atoms with Crippen LogP contribution in [0.15, 0.2) is 72.8 Å². The number of likely N-dealkylation sites (tertiary alicyclic amines) is 1. The number of carbonyl (C=O) groups is 1. The van der Waals surface area contributed by atoms with Crippen LogP contribution in [-0.2, 0) is 0 Å². The van der Waals surface area contributed by atoms with Crippen molar-refractivity contribution in [2.24, 2.45) is 5.92 Å². The van der Waals surface area contributed by atoms with E-state index in [4.69, 9.17) is 15.2 Å². The number of aromatic nitrogens is 2. The van der Waals surface area contributed by atoms with Gasteiger partial charge in [0.05, 0.1) is 16.6 Å². The van der Waals surface area contributed by atoms with Crippen molar-refractivity contribution in [3.8, 4) is 22.9 Å². The minimum Gasteiger partial charge on any atom is -0.508 e. The standard InChI is InChI=1S/C20H20N2O2.C7H15N.C6H6O2/c23-20(24)15-11-12-18-17(13-15)21-19(14-7-3-1-4-8-14)22(18)16-9-5-2-6-10-16;1-7-3-5-8(2)6-4-7;7-5-2-1-3-6(8)4-5/h1,3-4,7-8,11-13,16H,2,5-6,9-10H2,(H,23,24);7H,3-6H2,1-2H3;1-4,7-8H. The van der Waals surface area contributed by atoms with Crippen LogP contribution in [0.2, 0.25) is 0 Å². The molecule has 1 aromatic heterocycles. The first-order chi connectivity index (χ1) is 19.3. The number of piperidine rings is 1. The SMILES string of the molecule is CC1CCN(C)CC1.O=C(O)c1ccc2c(c1)nc(-c1ccccc1)n2C1CCCCC1.Oc1cccc(O)c1. The highest BCUT2D eigenvalue weighted by atomic mass is 16.4. The fraction of sp³-hybridized carbons (Fsp3) is 0.394. The van der Waals surface area contributed by atoms with Crippen molar-refractivity contribution in [1.29, 1.82) is 0 Å². The zero-order chi connectivity index (χ0) is 28.5. The highest BCUT2D eigenvalue weighted by Crippen LogP contribution is 2.36. The molecule has 40 heavy (non-hydrogen) atoms. The number of nitrogens with zero attached hydrogens (tertiary/aromatic N) is 3. The third kappa shape index (κ3) is 7.85. The van der Waals surface area contributed by atoms with Gasteiger partial charge in [0.2, 0.25) is 0 Å². The van der Waals surface area contributed by atoms with Gasteiger partial charge in [-0.25, -0.2) is 9.78 Å². The van der Waals surface area contributed by atoms with Gasteiger partial charge in [-0.1, -0.05) is 62.6 Å². The van der Waals surface area contributed by atoms with E-state index in [1.807, 2.05) is 24.3 Å². The first-order valence-electron chi connectivity index (χ1n) is 14.3. The number of carboxylic acid groups (broad SMARTS) is 1. The minimum absolute atomic E-state index is 0.0880. The van der Waals surface area contributed by atoms with E-state index in [0.29, 0.717) is 6.04 Å². The third-order valence-corrected chi connectivity index (χ3v) is 7.75. The number of aromatic hydroxyl groups is 2. The van der Waals surface area contributed by atoms with Crippen LogP contribution < -0.4 is 0 Å². The maximum absolute atomic E-state index is 11.3. The third-order valence-electron chi connectivity index (χ3n) is 7.75. The molecule has 2 fully saturated rings. The molecular formula is C33H41N3O4. The lowest BCUT2D eigenvalue weighted by molar-refractivity contribution is 0.0697. The fourth-order valence-corrected chi connectivity index (χ4v) is 5.36. The second-order valence-corrected chi connectivity index (χ2v) is 11.0. The Bertz CT molecular complexity index is 1340. The molecule has 0 radical (unpaired) electrons. The van der Waals surface area contributed by atoms with Gasteiger partial charge in [-0.2, -0.15) is 0 Å². The van der Waals surface area contributed by atoms with Crippen molar-refractivity contribution in [1.82, 2.24) is 14.5 Å². The van der Waals surface area contributed by atoms with Gasteiger partial charge in [0.15, 0.2) is 0 Å². The quantitative estimate of drug-likeness (QED) is 0.250. The summed E-state index contributed by atoms with van der Waals surface area (Å²) in [6, 6.07) is 21.7. The molecule has 212 valence electrons. The van der Waals surface area contributed by atoms with Crippen molar-refractivity contribution in [2.45, 2.75) is 57.9 Å². The molecule has 1 saturated carbocycles. The van der Waals surface area contributed by atoms with Crippen LogP contribution in [0, 0.1) is 5.92 Å². The maximum Gasteiger partial charge on any atom is 0.335 e. The summed E-state index contributed by atoms with van der Waals surface area (Å²) in [4.78, 5) is 18.5. The molecule has 2 aliphatic rings. The maximum atomic E-state index is 11.3. The normalized spacial score (nSPS) is 16.4. The average molecular weight is 544 g/mol. The number of fused-ring (bicyclic) bond motifs is 1. The summed E-state index contributed by atoms with van der Waals surface area (Å²) in [5.41, 5.74) is 3.16. The van der Waals surface area contributed by atoms with Gasteiger partial charge in [0.25, 0.3) is 0 Å². The molecule has 7 nitrogen and oxygen atoms in total. The Balaban J connectivity index is 0.000000188. The number of phenolic OH excluding ortho intramolecular Hbond substituents is 2. The number of hydrogen-bond donors (Lipinski definition) is 3. The lowest BCUT2D eigenvalue weighted by atomic mass is 9.95. The molecule has 0 unspecified atom stereocenters. The highest BCUT2D eigenvalue weighted by molar-refractivity contribution is 5.93. The van der Waals surface area contributed by atoms with Gasteiger partial charge in [0.1, 0.15) is 17.3 Å². The lowest BCUT2D eigenvalue weighted by Gasteiger charge is -2.26. The molecule has 6 rings (SSSR count). The Hall–Kier alpha value is -3.84. The summed E-state index contributed by atoms with van der Waals surface area (Å²) in [6.07, 6.45) is 8.90. The monoisotopic (exact) mass is 543 g/mol. The van der Waals surface area contributed by atoms with Crippen LogP contribution in [0.1, 0.15) is 68.3 Å². The van der Waals surface area contributed by atoms with Crippen molar-refractivity contribution in [3.05, 3.63) is 78.4 Å². The summed E-state index contributed by atoms with van der Waals surface area (Å²) in [7, 11) is 2.20. The topological polar surface area (TPSA) is 98.8 Å². The van der Waals surface area contributed by atoms with E-state index in [9.17, 15) is 9.90 Å².